The third-order valence-electron chi connectivity index (χ3n) is 6.27. The topological polar surface area (TPSA) is 88.6 Å². The van der Waals surface area contributed by atoms with Gasteiger partial charge in [0.2, 0.25) is 15.9 Å². The van der Waals surface area contributed by atoms with Gasteiger partial charge in [0.1, 0.15) is 5.25 Å². The second-order valence-electron chi connectivity index (χ2n) is 10.3. The normalized spacial score (nSPS) is 17.8. The van der Waals surface area contributed by atoms with Crippen LogP contribution < -0.4 is 0 Å². The molecule has 0 radical (unpaired) electrons. The van der Waals surface area contributed by atoms with Gasteiger partial charge in [0, 0.05) is 17.8 Å². The molecule has 3 aromatic rings. The van der Waals surface area contributed by atoms with Crippen LogP contribution in [-0.2, 0) is 36.2 Å². The SMILES string of the molecule is CC(C)(C)N1C(=O)CC(c2ccc(CSCc3ccc(-c4ccc(S(C)(=O)=O)cc4)cc3)cc2)S1(=O)=O. The fourth-order valence-electron chi connectivity index (χ4n) is 4.46. The van der Waals surface area contributed by atoms with E-state index in [4.69, 9.17) is 0 Å². The predicted molar refractivity (Wildman–Crippen MR) is 149 cm³/mol. The van der Waals surface area contributed by atoms with Crippen LogP contribution in [0.5, 0.6) is 0 Å². The van der Waals surface area contributed by atoms with E-state index in [1.165, 1.54) is 11.8 Å². The summed E-state index contributed by atoms with van der Waals surface area (Å²) in [5.41, 5.74) is 4.12. The monoisotopic (exact) mass is 557 g/mol. The lowest BCUT2D eigenvalue weighted by Crippen LogP contribution is -2.45. The van der Waals surface area contributed by atoms with Crippen LogP contribution in [-0.4, -0.2) is 38.8 Å². The molecule has 37 heavy (non-hydrogen) atoms. The minimum Gasteiger partial charge on any atom is -0.274 e. The summed E-state index contributed by atoms with van der Waals surface area (Å²) in [5.74, 6) is 1.25. The number of hydrogen-bond donors (Lipinski definition) is 0. The van der Waals surface area contributed by atoms with Gasteiger partial charge in [-0.15, -0.1) is 0 Å². The third-order valence-corrected chi connectivity index (χ3v) is 10.9. The van der Waals surface area contributed by atoms with Crippen molar-refractivity contribution in [2.75, 3.05) is 6.26 Å². The van der Waals surface area contributed by atoms with E-state index >= 15 is 0 Å². The molecule has 1 heterocycles. The lowest BCUT2D eigenvalue weighted by atomic mass is 10.0. The van der Waals surface area contributed by atoms with Gasteiger partial charge >= 0.3 is 0 Å². The zero-order chi connectivity index (χ0) is 27.0. The van der Waals surface area contributed by atoms with E-state index in [0.717, 1.165) is 32.5 Å². The van der Waals surface area contributed by atoms with Crippen molar-refractivity contribution >= 4 is 37.5 Å². The molecule has 1 unspecified atom stereocenters. The lowest BCUT2D eigenvalue weighted by molar-refractivity contribution is -0.128. The first kappa shape index (κ1) is 27.4. The molecular formula is C28H31NO5S3. The van der Waals surface area contributed by atoms with Gasteiger partial charge in [0.15, 0.2) is 9.84 Å². The van der Waals surface area contributed by atoms with Crippen molar-refractivity contribution in [3.05, 3.63) is 89.5 Å². The summed E-state index contributed by atoms with van der Waals surface area (Å²) < 4.78 is 50.3. The predicted octanol–water partition coefficient (Wildman–Crippen LogP) is 5.59. The van der Waals surface area contributed by atoms with Crippen LogP contribution >= 0.6 is 11.8 Å². The second-order valence-corrected chi connectivity index (χ2v) is 15.3. The number of rotatable bonds is 7. The van der Waals surface area contributed by atoms with Crippen LogP contribution in [0.4, 0.5) is 0 Å². The highest BCUT2D eigenvalue weighted by Crippen LogP contribution is 2.40. The number of sulfone groups is 1. The van der Waals surface area contributed by atoms with Crippen molar-refractivity contribution in [3.63, 3.8) is 0 Å². The summed E-state index contributed by atoms with van der Waals surface area (Å²) in [6.45, 7) is 5.20. The third kappa shape index (κ3) is 6.10. The number of sulfonamides is 1. The Kier molecular flexibility index (Phi) is 7.61. The zero-order valence-corrected chi connectivity index (χ0v) is 23.8. The van der Waals surface area contributed by atoms with Crippen LogP contribution in [0.25, 0.3) is 11.1 Å². The van der Waals surface area contributed by atoms with Crippen molar-refractivity contribution in [3.8, 4) is 11.1 Å². The number of amides is 1. The maximum absolute atomic E-state index is 13.0. The van der Waals surface area contributed by atoms with Crippen molar-refractivity contribution in [2.24, 2.45) is 0 Å². The van der Waals surface area contributed by atoms with Gasteiger partial charge in [0.25, 0.3) is 0 Å². The molecule has 0 N–H and O–H groups in total. The molecule has 1 amide bonds. The van der Waals surface area contributed by atoms with Crippen LogP contribution in [0.2, 0.25) is 0 Å². The number of carbonyl (C=O) groups excluding carboxylic acids is 1. The van der Waals surface area contributed by atoms with Gasteiger partial charge < -0.3 is 0 Å². The number of hydrogen-bond acceptors (Lipinski definition) is 6. The Balaban J connectivity index is 1.34. The van der Waals surface area contributed by atoms with E-state index in [9.17, 15) is 21.6 Å². The summed E-state index contributed by atoms with van der Waals surface area (Å²) in [4.78, 5) is 12.7. The molecule has 1 fully saturated rings. The molecule has 6 nitrogen and oxygen atoms in total. The summed E-state index contributed by atoms with van der Waals surface area (Å²) >= 11 is 1.76. The quantitative estimate of drug-likeness (QED) is 0.376. The fraction of sp³-hybridized carbons (Fsp3) is 0.321. The first-order chi connectivity index (χ1) is 17.3. The van der Waals surface area contributed by atoms with Crippen molar-refractivity contribution < 1.29 is 21.6 Å². The second kappa shape index (κ2) is 10.3. The van der Waals surface area contributed by atoms with E-state index in [2.05, 4.69) is 12.1 Å². The molecule has 0 aliphatic carbocycles. The Hall–Kier alpha value is -2.62. The smallest absolute Gasteiger partial charge is 0.245 e. The highest BCUT2D eigenvalue weighted by molar-refractivity contribution is 7.97. The van der Waals surface area contributed by atoms with Gasteiger partial charge in [-0.2, -0.15) is 11.8 Å². The standard InChI is InChI=1S/C28H31NO5S3/c1-28(2,3)29-27(30)17-26(37(29,33)34)24-11-7-21(8-12-24)19-35-18-20-5-9-22(10-6-20)23-13-15-25(16-14-23)36(4,31)32/h5-16,26H,17-19H2,1-4H3. The molecule has 0 saturated carbocycles. The molecule has 0 bridgehead atoms. The maximum Gasteiger partial charge on any atom is 0.245 e. The summed E-state index contributed by atoms with van der Waals surface area (Å²) in [6.07, 6.45) is 1.18. The molecule has 0 spiro atoms. The molecule has 196 valence electrons. The van der Waals surface area contributed by atoms with Crippen LogP contribution in [0, 0.1) is 0 Å². The van der Waals surface area contributed by atoms with Gasteiger partial charge in [-0.05, 0) is 60.7 Å². The largest absolute Gasteiger partial charge is 0.274 e. The lowest BCUT2D eigenvalue weighted by Gasteiger charge is -2.30. The number of carbonyl (C=O) groups is 1. The van der Waals surface area contributed by atoms with E-state index in [-0.39, 0.29) is 12.3 Å². The highest BCUT2D eigenvalue weighted by atomic mass is 32.2. The van der Waals surface area contributed by atoms with E-state index in [0.29, 0.717) is 10.5 Å². The average molecular weight is 558 g/mol. The molecule has 1 atom stereocenters. The van der Waals surface area contributed by atoms with Crippen molar-refractivity contribution in [1.29, 1.82) is 0 Å². The van der Waals surface area contributed by atoms with Gasteiger partial charge in [-0.1, -0.05) is 60.7 Å². The first-order valence-corrected chi connectivity index (χ1v) is 16.4. The molecular weight excluding hydrogens is 527 g/mol. The molecule has 3 aromatic carbocycles. The number of benzene rings is 3. The average Bonchev–Trinajstić information content (AvgIpc) is 3.08. The minimum atomic E-state index is -3.73. The Morgan fingerprint density at radius 2 is 1.30 bits per heavy atom. The fourth-order valence-corrected chi connectivity index (χ4v) is 8.28. The van der Waals surface area contributed by atoms with Gasteiger partial charge in [-0.3, -0.25) is 4.79 Å². The number of nitrogens with zero attached hydrogens (tertiary/aromatic N) is 1. The Morgan fingerprint density at radius 1 is 0.838 bits per heavy atom. The molecule has 1 saturated heterocycles. The van der Waals surface area contributed by atoms with Gasteiger partial charge in [-0.25, -0.2) is 21.1 Å². The highest BCUT2D eigenvalue weighted by Gasteiger charge is 2.49. The van der Waals surface area contributed by atoms with E-state index in [1.54, 1.807) is 44.7 Å². The Morgan fingerprint density at radius 3 is 1.73 bits per heavy atom. The van der Waals surface area contributed by atoms with E-state index in [1.807, 2.05) is 48.5 Å². The van der Waals surface area contributed by atoms with Crippen LogP contribution in [0.1, 0.15) is 49.1 Å². The zero-order valence-electron chi connectivity index (χ0n) is 21.3. The minimum absolute atomic E-state index is 0.0223. The molecule has 0 aromatic heterocycles. The van der Waals surface area contributed by atoms with E-state index < -0.39 is 30.6 Å². The van der Waals surface area contributed by atoms with Crippen LogP contribution in [0.15, 0.2) is 77.7 Å². The summed E-state index contributed by atoms with van der Waals surface area (Å²) in [5, 5.41) is -0.831. The molecule has 1 aliphatic heterocycles. The first-order valence-electron chi connectivity index (χ1n) is 11.9. The Bertz CT molecular complexity index is 1490. The number of thioether (sulfide) groups is 1. The molecule has 9 heteroatoms. The molecule has 4 rings (SSSR count). The summed E-state index contributed by atoms with van der Waals surface area (Å²) in [7, 11) is -6.94. The van der Waals surface area contributed by atoms with Crippen LogP contribution in [0.3, 0.4) is 0 Å². The molecule has 1 aliphatic rings. The Labute approximate surface area is 224 Å². The van der Waals surface area contributed by atoms with Gasteiger partial charge in [0.05, 0.1) is 16.9 Å². The summed E-state index contributed by atoms with van der Waals surface area (Å²) in [6, 6.07) is 22.6. The van der Waals surface area contributed by atoms with Crippen molar-refractivity contribution in [2.45, 2.75) is 54.4 Å². The maximum atomic E-state index is 13.0. The van der Waals surface area contributed by atoms with Crippen molar-refractivity contribution in [1.82, 2.24) is 4.31 Å².